The number of anilines is 1. The molecule has 15 nitrogen and oxygen atoms in total. The first-order chi connectivity index (χ1) is 24.7. The van der Waals surface area contributed by atoms with Crippen LogP contribution < -0.4 is 16.2 Å². The normalized spacial score (nSPS) is 22.3. The van der Waals surface area contributed by atoms with Gasteiger partial charge in [0.2, 0.25) is 5.78 Å². The summed E-state index contributed by atoms with van der Waals surface area (Å²) in [6.45, 7) is -0.333. The van der Waals surface area contributed by atoms with Gasteiger partial charge in [-0.3, -0.25) is 19.3 Å². The molecule has 2 unspecified atom stereocenters. The Morgan fingerprint density at radius 3 is 2.08 bits per heavy atom. The molecule has 0 spiro atoms. The van der Waals surface area contributed by atoms with Crippen LogP contribution in [0.2, 0.25) is 0 Å². The van der Waals surface area contributed by atoms with E-state index in [0.717, 1.165) is 11.1 Å². The Kier molecular flexibility index (Phi) is 9.49. The molecule has 3 aliphatic rings. The third-order valence-corrected chi connectivity index (χ3v) is 9.63. The number of fused-ring (bicyclic) bond motifs is 3. The van der Waals surface area contributed by atoms with Crippen LogP contribution in [-0.2, 0) is 38.7 Å². The number of hydrazine groups is 1. The molecule has 0 bridgehead atoms. The van der Waals surface area contributed by atoms with Crippen LogP contribution >= 0.6 is 0 Å². The van der Waals surface area contributed by atoms with Crippen LogP contribution in [0.1, 0.15) is 33.5 Å². The number of primary amides is 1. The van der Waals surface area contributed by atoms with Crippen molar-refractivity contribution in [3.8, 4) is 5.75 Å². The van der Waals surface area contributed by atoms with E-state index in [0.29, 0.717) is 11.1 Å². The Morgan fingerprint density at radius 2 is 1.50 bits per heavy atom. The number of benzene rings is 3. The maximum absolute atomic E-state index is 14.2. The van der Waals surface area contributed by atoms with Crippen molar-refractivity contribution >= 4 is 35.3 Å². The molecular formula is C37H36N4O11. The molecule has 0 saturated carbocycles. The Labute approximate surface area is 297 Å². The van der Waals surface area contributed by atoms with Crippen LogP contribution in [0.3, 0.4) is 0 Å². The average Bonchev–Trinajstić information content (AvgIpc) is 3.11. The number of carbonyl (C=O) groups excluding carboxylic acids is 5. The summed E-state index contributed by atoms with van der Waals surface area (Å²) in [5.41, 5.74) is 4.57. The largest absolute Gasteiger partial charge is 0.510 e. The van der Waals surface area contributed by atoms with Crippen molar-refractivity contribution in [3.05, 3.63) is 118 Å². The quantitative estimate of drug-likeness (QED) is 0.153. The van der Waals surface area contributed by atoms with Gasteiger partial charge in [0.05, 0.1) is 17.3 Å². The molecule has 15 heteroatoms. The van der Waals surface area contributed by atoms with Crippen molar-refractivity contribution in [2.75, 3.05) is 19.1 Å². The molecule has 3 aliphatic carbocycles. The number of phenols is 1. The van der Waals surface area contributed by atoms with Gasteiger partial charge in [0.15, 0.2) is 11.4 Å². The first kappa shape index (κ1) is 35.6. The van der Waals surface area contributed by atoms with E-state index in [4.69, 9.17) is 15.2 Å². The van der Waals surface area contributed by atoms with Gasteiger partial charge in [-0.05, 0) is 61.7 Å². The summed E-state index contributed by atoms with van der Waals surface area (Å²) in [7, 11) is 3.04. The number of carbonyl (C=O) groups is 5. The van der Waals surface area contributed by atoms with Gasteiger partial charge in [-0.2, -0.15) is 5.01 Å². The molecule has 0 saturated heterocycles. The van der Waals surface area contributed by atoms with E-state index < -0.39 is 81.6 Å². The lowest BCUT2D eigenvalue weighted by molar-refractivity contribution is -0.148. The predicted octanol–water partition coefficient (Wildman–Crippen LogP) is 3.11. The van der Waals surface area contributed by atoms with Crippen LogP contribution in [0.15, 0.2) is 95.5 Å². The maximum Gasteiger partial charge on any atom is 0.433 e. The van der Waals surface area contributed by atoms with Gasteiger partial charge in [-0.25, -0.2) is 15.0 Å². The number of Topliss-reactive ketones (excluding diaryl/α,β-unsaturated/α-hetero) is 2. The molecule has 7 N–H and O–H groups in total. The number of phenolic OH excluding ortho intramolecular Hbond substituents is 1. The molecule has 3 aromatic rings. The summed E-state index contributed by atoms with van der Waals surface area (Å²) in [6.07, 6.45) is -2.47. The summed E-state index contributed by atoms with van der Waals surface area (Å²) in [4.78, 5) is 68.3. The summed E-state index contributed by atoms with van der Waals surface area (Å²) >= 11 is 0. The van der Waals surface area contributed by atoms with E-state index in [1.807, 2.05) is 0 Å². The fourth-order valence-corrected chi connectivity index (χ4v) is 7.28. The van der Waals surface area contributed by atoms with E-state index in [9.17, 15) is 44.4 Å². The third kappa shape index (κ3) is 6.09. The molecule has 52 heavy (non-hydrogen) atoms. The first-order valence-electron chi connectivity index (χ1n) is 16.2. The highest BCUT2D eigenvalue weighted by Gasteiger charge is 2.63. The van der Waals surface area contributed by atoms with Crippen molar-refractivity contribution in [1.82, 2.24) is 10.3 Å². The van der Waals surface area contributed by atoms with Crippen LogP contribution in [0.5, 0.6) is 5.75 Å². The molecule has 0 radical (unpaired) electrons. The standard InChI is InChI=1S/C37H36N4O11/c1-40(2)29-23-16-21-15-22-24(13-14-25(42)27(22)30(43)26(21)32(45)37(23,50)33(46)28(31(29)44)34(38)47)41(36(49)52-18-20-11-7-4-8-12-20)39-35(48)51-17-19-9-5-3-6-10-19/h3-14,21,23,29,42,44-45,50H,15-18H2,1-2H3,(H2,38,47)(H,39,48)/t21?,23?,29-,37+/m1/s1. The molecule has 0 fully saturated rings. The van der Waals surface area contributed by atoms with Gasteiger partial charge in [0, 0.05) is 11.5 Å². The highest BCUT2D eigenvalue weighted by atomic mass is 16.6. The van der Waals surface area contributed by atoms with Crippen molar-refractivity contribution in [3.63, 3.8) is 0 Å². The predicted molar refractivity (Wildman–Crippen MR) is 183 cm³/mol. The number of hydrogen-bond acceptors (Lipinski definition) is 12. The average molecular weight is 713 g/mol. The summed E-state index contributed by atoms with van der Waals surface area (Å²) in [5, 5.41) is 46.2. The second-order valence-electron chi connectivity index (χ2n) is 13.0. The Bertz CT molecular complexity index is 2030. The number of aliphatic hydroxyl groups is 3. The van der Waals surface area contributed by atoms with Crippen molar-refractivity contribution < 1.29 is 53.9 Å². The van der Waals surface area contributed by atoms with Crippen LogP contribution in [0.25, 0.3) is 0 Å². The minimum atomic E-state index is -2.82. The minimum Gasteiger partial charge on any atom is -0.510 e. The molecule has 0 aromatic heterocycles. The molecule has 270 valence electrons. The Balaban J connectivity index is 1.41. The highest BCUT2D eigenvalue weighted by molar-refractivity contribution is 6.25. The zero-order chi connectivity index (χ0) is 37.5. The molecule has 3 amide bonds. The van der Waals surface area contributed by atoms with Gasteiger partial charge in [-0.1, -0.05) is 60.7 Å². The SMILES string of the molecule is CN(C)[C@H]1C(O)=C(C(N)=O)C(=O)[C@@]2(O)C(O)=C3C(=O)c4c(O)ccc(N(NC(=O)OCc5ccccc5)C(=O)OCc5ccccc5)c4CC3CC12. The molecule has 0 heterocycles. The van der Waals surface area contributed by atoms with Crippen LogP contribution in [0.4, 0.5) is 15.3 Å². The molecule has 0 aliphatic heterocycles. The second kappa shape index (κ2) is 13.8. The van der Waals surface area contributed by atoms with Crippen LogP contribution in [0, 0.1) is 11.8 Å². The van der Waals surface area contributed by atoms with Gasteiger partial charge in [0.1, 0.15) is 36.1 Å². The first-order valence-corrected chi connectivity index (χ1v) is 16.2. The number of nitrogens with zero attached hydrogens (tertiary/aromatic N) is 2. The molecular weight excluding hydrogens is 676 g/mol. The van der Waals surface area contributed by atoms with Gasteiger partial charge in [-0.15, -0.1) is 0 Å². The lowest BCUT2D eigenvalue weighted by Gasteiger charge is -2.50. The monoisotopic (exact) mass is 712 g/mol. The number of rotatable bonds is 7. The zero-order valence-corrected chi connectivity index (χ0v) is 28.1. The Hall–Kier alpha value is -6.19. The van der Waals surface area contributed by atoms with E-state index in [1.54, 1.807) is 60.7 Å². The fourth-order valence-electron chi connectivity index (χ4n) is 7.28. The topological polar surface area (TPSA) is 229 Å². The van der Waals surface area contributed by atoms with E-state index in [1.165, 1.54) is 25.1 Å². The second-order valence-corrected chi connectivity index (χ2v) is 13.0. The van der Waals surface area contributed by atoms with Gasteiger partial charge < -0.3 is 35.6 Å². The summed E-state index contributed by atoms with van der Waals surface area (Å²) in [5.74, 6) is -8.20. The number of amides is 3. The smallest absolute Gasteiger partial charge is 0.433 e. The molecule has 6 rings (SSSR count). The summed E-state index contributed by atoms with van der Waals surface area (Å²) in [6, 6.07) is 18.7. The molecule has 4 atom stereocenters. The number of allylic oxidation sites excluding steroid dienone is 1. The van der Waals surface area contributed by atoms with Gasteiger partial charge in [0.25, 0.3) is 5.91 Å². The Morgan fingerprint density at radius 1 is 0.904 bits per heavy atom. The summed E-state index contributed by atoms with van der Waals surface area (Å²) < 4.78 is 10.9. The number of ketones is 2. The van der Waals surface area contributed by atoms with E-state index in [-0.39, 0.29) is 42.9 Å². The molecule has 3 aromatic carbocycles. The van der Waals surface area contributed by atoms with E-state index >= 15 is 0 Å². The number of hydrogen-bond donors (Lipinski definition) is 6. The van der Waals surface area contributed by atoms with Crippen LogP contribution in [-0.4, -0.2) is 80.7 Å². The lowest BCUT2D eigenvalue weighted by Crippen LogP contribution is -2.63. The minimum absolute atomic E-state index is 0.0677. The van der Waals surface area contributed by atoms with Gasteiger partial charge >= 0.3 is 12.2 Å². The number of nitrogens with two attached hydrogens (primary N) is 1. The number of aliphatic hydroxyl groups excluding tert-OH is 2. The van der Waals surface area contributed by atoms with Crippen molar-refractivity contribution in [2.45, 2.75) is 37.7 Å². The number of nitrogens with one attached hydrogen (secondary N) is 1. The zero-order valence-electron chi connectivity index (χ0n) is 28.1. The number of ether oxygens (including phenoxy) is 2. The fraction of sp³-hybridized carbons (Fsp3) is 0.270. The highest BCUT2D eigenvalue weighted by Crippen LogP contribution is 2.53. The number of aromatic hydroxyl groups is 1. The van der Waals surface area contributed by atoms with Crippen molar-refractivity contribution in [1.29, 1.82) is 0 Å². The van der Waals surface area contributed by atoms with E-state index in [2.05, 4.69) is 5.43 Å². The number of likely N-dealkylation sites (N-methyl/N-ethyl adjacent to an activating group) is 1. The lowest BCUT2D eigenvalue weighted by atomic mass is 9.58. The van der Waals surface area contributed by atoms with Crippen molar-refractivity contribution in [2.24, 2.45) is 17.6 Å². The maximum atomic E-state index is 14.2. The third-order valence-electron chi connectivity index (χ3n) is 9.63.